The van der Waals surface area contributed by atoms with Gasteiger partial charge in [0, 0.05) is 16.7 Å². The van der Waals surface area contributed by atoms with Gasteiger partial charge in [0.1, 0.15) is 0 Å². The molecule has 1 atom stereocenters. The Hall–Kier alpha value is -3.65. The summed E-state index contributed by atoms with van der Waals surface area (Å²) in [5, 5.41) is 3.33. The number of carbonyl (C=O) groups excluding carboxylic acids is 2. The molecule has 134 valence electrons. The van der Waals surface area contributed by atoms with Crippen molar-refractivity contribution in [3.05, 3.63) is 81.5 Å². The van der Waals surface area contributed by atoms with E-state index < -0.39 is 23.5 Å². The number of imide groups is 1. The molecule has 1 aromatic carbocycles. The van der Waals surface area contributed by atoms with Crippen LogP contribution in [0.25, 0.3) is 10.4 Å². The van der Waals surface area contributed by atoms with Gasteiger partial charge in [0.25, 0.3) is 11.8 Å². The Morgan fingerprint density at radius 3 is 2.33 bits per heavy atom. The average molecular weight is 371 g/mol. The van der Waals surface area contributed by atoms with E-state index in [0.29, 0.717) is 12.2 Å². The zero-order chi connectivity index (χ0) is 19.4. The molecule has 1 aliphatic carbocycles. The molecule has 4 rings (SSSR count). The Balaban J connectivity index is 1.93. The molecule has 0 radical (unpaired) electrons. The van der Waals surface area contributed by atoms with E-state index in [0.717, 1.165) is 12.3 Å². The molecule has 2 heterocycles. The van der Waals surface area contributed by atoms with Crippen molar-refractivity contribution in [2.45, 2.75) is 11.7 Å². The normalized spacial score (nSPS) is 23.4. The van der Waals surface area contributed by atoms with Gasteiger partial charge in [0.05, 0.1) is 22.5 Å². The zero-order valence-electron chi connectivity index (χ0n) is 13.3. The van der Waals surface area contributed by atoms with Crippen LogP contribution in [0, 0.1) is 0 Å². The number of nitrogens with zero attached hydrogens (tertiary/aromatic N) is 5. The lowest BCUT2D eigenvalue weighted by Crippen LogP contribution is -2.59. The Bertz CT molecular complexity index is 1040. The van der Waals surface area contributed by atoms with Crippen LogP contribution in [0.15, 0.2) is 70.1 Å². The molecule has 0 saturated heterocycles. The van der Waals surface area contributed by atoms with Crippen LogP contribution >= 0.6 is 0 Å². The lowest BCUT2D eigenvalue weighted by Gasteiger charge is -2.39. The number of alkyl halides is 3. The smallest absolute Gasteiger partial charge is 0.269 e. The van der Waals surface area contributed by atoms with Crippen LogP contribution in [0.5, 0.6) is 0 Å². The lowest BCUT2D eigenvalue weighted by molar-refractivity contribution is -0.184. The van der Waals surface area contributed by atoms with Crippen LogP contribution in [-0.2, 0) is 0 Å². The minimum absolute atomic E-state index is 0.0934. The van der Waals surface area contributed by atoms with Crippen LogP contribution in [-0.4, -0.2) is 34.1 Å². The molecule has 0 N–H and O–H groups in total. The first kappa shape index (κ1) is 16.8. The van der Waals surface area contributed by atoms with Gasteiger partial charge in [-0.1, -0.05) is 17.2 Å². The molecule has 1 aromatic rings. The van der Waals surface area contributed by atoms with Gasteiger partial charge in [-0.3, -0.25) is 19.5 Å². The summed E-state index contributed by atoms with van der Waals surface area (Å²) in [5.74, 6) is -2.11. The molecular formula is C17H8F3N5O2. The number of benzene rings is 1. The number of hydrogen-bond acceptors (Lipinski definition) is 4. The molecule has 27 heavy (non-hydrogen) atoms. The molecule has 0 saturated carbocycles. The summed E-state index contributed by atoms with van der Waals surface area (Å²) >= 11 is 0. The van der Waals surface area contributed by atoms with E-state index in [9.17, 15) is 22.8 Å². The van der Waals surface area contributed by atoms with Gasteiger partial charge in [-0.25, -0.2) is 0 Å². The van der Waals surface area contributed by atoms with E-state index in [-0.39, 0.29) is 33.0 Å². The Morgan fingerprint density at radius 1 is 1.15 bits per heavy atom. The zero-order valence-corrected chi connectivity index (χ0v) is 13.3. The maximum absolute atomic E-state index is 14.2. The number of hydrogen-bond donors (Lipinski definition) is 0. The van der Waals surface area contributed by atoms with Crippen molar-refractivity contribution >= 4 is 17.5 Å². The van der Waals surface area contributed by atoms with Crippen molar-refractivity contribution < 1.29 is 22.8 Å². The molecule has 0 spiro atoms. The molecule has 1 unspecified atom stereocenters. The van der Waals surface area contributed by atoms with E-state index in [2.05, 4.69) is 15.0 Å². The largest absolute Gasteiger partial charge is 0.419 e. The Kier molecular flexibility index (Phi) is 3.37. The second-order valence-corrected chi connectivity index (χ2v) is 5.92. The van der Waals surface area contributed by atoms with Crippen molar-refractivity contribution in [3.8, 4) is 0 Å². The van der Waals surface area contributed by atoms with Crippen LogP contribution in [0.4, 0.5) is 13.2 Å². The highest BCUT2D eigenvalue weighted by molar-refractivity contribution is 6.23. The highest BCUT2D eigenvalue weighted by atomic mass is 19.4. The lowest BCUT2D eigenvalue weighted by atomic mass is 9.86. The number of rotatable bonds is 2. The van der Waals surface area contributed by atoms with Crippen molar-refractivity contribution in [1.29, 1.82) is 0 Å². The fraction of sp³-hybridized carbons (Fsp3) is 0.118. The summed E-state index contributed by atoms with van der Waals surface area (Å²) in [4.78, 5) is 32.0. The van der Waals surface area contributed by atoms with Gasteiger partial charge in [0.15, 0.2) is 5.54 Å². The summed E-state index contributed by atoms with van der Waals surface area (Å²) in [5.41, 5.74) is 5.30. The molecule has 2 amide bonds. The molecule has 0 fully saturated rings. The maximum atomic E-state index is 14.2. The van der Waals surface area contributed by atoms with Crippen LogP contribution in [0.1, 0.15) is 20.7 Å². The van der Waals surface area contributed by atoms with E-state index >= 15 is 0 Å². The third-order valence-electron chi connectivity index (χ3n) is 4.51. The third kappa shape index (κ3) is 2.17. The first-order valence-electron chi connectivity index (χ1n) is 7.61. The number of halogens is 3. The topological polar surface area (TPSA) is 98.5 Å². The van der Waals surface area contributed by atoms with Gasteiger partial charge in [-0.15, -0.1) is 0 Å². The summed E-state index contributed by atoms with van der Waals surface area (Å²) in [6.45, 7) is 0. The number of carbonyl (C=O) groups is 2. The summed E-state index contributed by atoms with van der Waals surface area (Å²) in [6.07, 6.45) is -1.42. The second kappa shape index (κ2) is 5.42. The van der Waals surface area contributed by atoms with Gasteiger partial charge in [-0.05, 0) is 35.9 Å². The van der Waals surface area contributed by atoms with Gasteiger partial charge in [-0.2, -0.15) is 13.2 Å². The van der Waals surface area contributed by atoms with Crippen molar-refractivity contribution in [2.75, 3.05) is 0 Å². The molecule has 2 aliphatic heterocycles. The van der Waals surface area contributed by atoms with Crippen molar-refractivity contribution in [3.63, 3.8) is 0 Å². The van der Waals surface area contributed by atoms with Crippen LogP contribution < -0.4 is 0 Å². The number of fused-ring (bicyclic) bond motifs is 2. The Morgan fingerprint density at radius 2 is 1.78 bits per heavy atom. The predicted octanol–water partition coefficient (Wildman–Crippen LogP) is 3.69. The molecule has 3 aliphatic rings. The van der Waals surface area contributed by atoms with Crippen LogP contribution in [0.3, 0.4) is 0 Å². The van der Waals surface area contributed by atoms with E-state index in [4.69, 9.17) is 5.53 Å². The number of aliphatic imine (C=N–C) groups is 1. The number of azide groups is 1. The molecule has 7 nitrogen and oxygen atoms in total. The van der Waals surface area contributed by atoms with Crippen LogP contribution in [0.2, 0.25) is 0 Å². The fourth-order valence-electron chi connectivity index (χ4n) is 3.25. The molecule has 10 heteroatoms. The monoisotopic (exact) mass is 371 g/mol. The highest BCUT2D eigenvalue weighted by Crippen LogP contribution is 2.46. The minimum Gasteiger partial charge on any atom is -0.269 e. The summed E-state index contributed by atoms with van der Waals surface area (Å²) < 4.78 is 42.6. The molecule has 0 bridgehead atoms. The first-order valence-corrected chi connectivity index (χ1v) is 7.61. The van der Waals surface area contributed by atoms with Crippen molar-refractivity contribution in [2.24, 2.45) is 10.1 Å². The summed E-state index contributed by atoms with van der Waals surface area (Å²) in [6, 6.07) is 5.53. The third-order valence-corrected chi connectivity index (χ3v) is 4.51. The molecular weight excluding hydrogens is 363 g/mol. The van der Waals surface area contributed by atoms with E-state index in [1.54, 1.807) is 0 Å². The second-order valence-electron chi connectivity index (χ2n) is 5.92. The average Bonchev–Trinajstić information content (AvgIpc) is 3.14. The molecule has 0 aromatic heterocycles. The first-order chi connectivity index (χ1) is 12.8. The summed E-state index contributed by atoms with van der Waals surface area (Å²) in [7, 11) is 0. The Labute approximate surface area is 149 Å². The van der Waals surface area contributed by atoms with Gasteiger partial charge < -0.3 is 0 Å². The standard InChI is InChI=1S/C17H8F3N5O2/c18-17(19,20)16(6-5-12-11(7-16)13(8-22-12)23-24-21)25-14(26)9-3-1-2-4-10(9)15(25)27/h1-8H. The fourth-order valence-corrected chi connectivity index (χ4v) is 3.25. The quantitative estimate of drug-likeness (QED) is 0.343. The van der Waals surface area contributed by atoms with Gasteiger partial charge in [0.2, 0.25) is 0 Å². The highest BCUT2D eigenvalue weighted by Gasteiger charge is 2.62. The number of amides is 2. The number of allylic oxidation sites excluding steroid dienone is 2. The van der Waals surface area contributed by atoms with Crippen molar-refractivity contribution in [1.82, 2.24) is 4.90 Å². The predicted molar refractivity (Wildman–Crippen MR) is 87.6 cm³/mol. The van der Waals surface area contributed by atoms with Gasteiger partial charge >= 0.3 is 6.18 Å². The SMILES string of the molecule is [N-]=[N+]=NC1=CN=C2C=CC(N3C(=O)c4ccccc4C3=O)(C(F)(F)F)C=C12. The van der Waals surface area contributed by atoms with E-state index in [1.165, 1.54) is 24.3 Å². The maximum Gasteiger partial charge on any atom is 0.419 e. The minimum atomic E-state index is -5.01. The van der Waals surface area contributed by atoms with E-state index in [1.807, 2.05) is 0 Å².